The Morgan fingerprint density at radius 3 is 2.50 bits per heavy atom. The number of aliphatic carboxylic acids is 1. The molecule has 0 aromatic heterocycles. The smallest absolute Gasteiger partial charge is 0.306 e. The number of carboxylic acids is 1. The summed E-state index contributed by atoms with van der Waals surface area (Å²) in [5.41, 5.74) is 0. The van der Waals surface area contributed by atoms with E-state index in [2.05, 4.69) is 12.2 Å². The molecular formula is C12H20O2. The Balaban J connectivity index is 2.18. The third-order valence-electron chi connectivity index (χ3n) is 3.17. The quantitative estimate of drug-likeness (QED) is 0.701. The van der Waals surface area contributed by atoms with Crippen molar-refractivity contribution in [3.05, 3.63) is 12.2 Å². The second kappa shape index (κ2) is 5.84. The van der Waals surface area contributed by atoms with Gasteiger partial charge in [0, 0.05) is 0 Å². The fraction of sp³-hybridized carbons (Fsp3) is 0.750. The first-order valence-corrected chi connectivity index (χ1v) is 5.58. The van der Waals surface area contributed by atoms with Crippen LogP contribution in [0.1, 0.15) is 45.4 Å². The van der Waals surface area contributed by atoms with Gasteiger partial charge in [0.2, 0.25) is 0 Å². The highest BCUT2D eigenvalue weighted by Gasteiger charge is 2.25. The molecule has 1 fully saturated rings. The topological polar surface area (TPSA) is 37.3 Å². The number of rotatable bonds is 4. The van der Waals surface area contributed by atoms with Crippen molar-refractivity contribution in [2.24, 2.45) is 11.8 Å². The van der Waals surface area contributed by atoms with Crippen LogP contribution >= 0.6 is 0 Å². The Kier molecular flexibility index (Phi) is 4.71. The molecule has 2 nitrogen and oxygen atoms in total. The van der Waals surface area contributed by atoms with Crippen molar-refractivity contribution < 1.29 is 9.90 Å². The van der Waals surface area contributed by atoms with Gasteiger partial charge in [-0.15, -0.1) is 0 Å². The maximum absolute atomic E-state index is 10.7. The molecule has 1 aliphatic rings. The summed E-state index contributed by atoms with van der Waals surface area (Å²) in [6.45, 7) is 2.04. The van der Waals surface area contributed by atoms with Gasteiger partial charge in [-0.05, 0) is 51.4 Å². The van der Waals surface area contributed by atoms with E-state index in [1.54, 1.807) is 0 Å². The molecule has 1 aliphatic carbocycles. The first-order valence-electron chi connectivity index (χ1n) is 5.58. The largest absolute Gasteiger partial charge is 0.481 e. The van der Waals surface area contributed by atoms with Gasteiger partial charge >= 0.3 is 5.97 Å². The van der Waals surface area contributed by atoms with Crippen LogP contribution in [0.5, 0.6) is 0 Å². The zero-order valence-corrected chi connectivity index (χ0v) is 8.91. The second-order valence-electron chi connectivity index (χ2n) is 4.20. The van der Waals surface area contributed by atoms with E-state index in [0.717, 1.165) is 38.0 Å². The van der Waals surface area contributed by atoms with Crippen molar-refractivity contribution >= 4 is 5.97 Å². The van der Waals surface area contributed by atoms with Gasteiger partial charge < -0.3 is 5.11 Å². The van der Waals surface area contributed by atoms with Crippen molar-refractivity contribution in [3.63, 3.8) is 0 Å². The Morgan fingerprint density at radius 1 is 1.36 bits per heavy atom. The molecular weight excluding hydrogens is 176 g/mol. The highest BCUT2D eigenvalue weighted by Crippen LogP contribution is 2.31. The molecule has 0 aliphatic heterocycles. The highest BCUT2D eigenvalue weighted by atomic mass is 16.4. The lowest BCUT2D eigenvalue weighted by molar-refractivity contribution is -0.143. The van der Waals surface area contributed by atoms with Crippen LogP contribution in [0.4, 0.5) is 0 Å². The minimum absolute atomic E-state index is 0.0621. The maximum Gasteiger partial charge on any atom is 0.306 e. The predicted molar refractivity (Wildman–Crippen MR) is 57.1 cm³/mol. The number of hydrogen-bond donors (Lipinski definition) is 1. The molecule has 80 valence electrons. The first-order chi connectivity index (χ1) is 6.74. The molecule has 0 atom stereocenters. The maximum atomic E-state index is 10.7. The average molecular weight is 196 g/mol. The van der Waals surface area contributed by atoms with Crippen LogP contribution < -0.4 is 0 Å². The highest BCUT2D eigenvalue weighted by molar-refractivity contribution is 5.69. The van der Waals surface area contributed by atoms with E-state index < -0.39 is 5.97 Å². The molecule has 0 spiro atoms. The lowest BCUT2D eigenvalue weighted by atomic mass is 9.80. The molecule has 0 saturated heterocycles. The van der Waals surface area contributed by atoms with Gasteiger partial charge in [-0.2, -0.15) is 0 Å². The standard InChI is InChI=1S/C12H20O2/c1-2-3-4-5-10-6-8-11(9-7-10)12(13)14/h2-3,10-11H,4-9H2,1H3,(H,13,14)/b3-2-. The van der Waals surface area contributed by atoms with Gasteiger partial charge in [0.15, 0.2) is 0 Å². The molecule has 1 saturated carbocycles. The lowest BCUT2D eigenvalue weighted by Gasteiger charge is -2.25. The molecule has 0 bridgehead atoms. The van der Waals surface area contributed by atoms with E-state index >= 15 is 0 Å². The number of carboxylic acid groups (broad SMARTS) is 1. The van der Waals surface area contributed by atoms with Gasteiger partial charge in [0.1, 0.15) is 0 Å². The Morgan fingerprint density at radius 2 is 2.00 bits per heavy atom. The minimum Gasteiger partial charge on any atom is -0.481 e. The van der Waals surface area contributed by atoms with E-state index in [9.17, 15) is 4.79 Å². The van der Waals surface area contributed by atoms with E-state index in [1.165, 1.54) is 6.42 Å². The molecule has 1 N–H and O–H groups in total. The van der Waals surface area contributed by atoms with Crippen molar-refractivity contribution in [2.75, 3.05) is 0 Å². The first kappa shape index (κ1) is 11.3. The minimum atomic E-state index is -0.600. The monoisotopic (exact) mass is 196 g/mol. The van der Waals surface area contributed by atoms with Gasteiger partial charge in [-0.1, -0.05) is 12.2 Å². The molecule has 0 unspecified atom stereocenters. The van der Waals surface area contributed by atoms with E-state index in [-0.39, 0.29) is 5.92 Å². The zero-order chi connectivity index (χ0) is 10.4. The van der Waals surface area contributed by atoms with E-state index in [1.807, 2.05) is 6.92 Å². The van der Waals surface area contributed by atoms with Crippen molar-refractivity contribution in [1.29, 1.82) is 0 Å². The van der Waals surface area contributed by atoms with Gasteiger partial charge in [-0.3, -0.25) is 4.79 Å². The predicted octanol–water partition coefficient (Wildman–Crippen LogP) is 3.23. The molecule has 0 amide bonds. The van der Waals surface area contributed by atoms with Crippen LogP contribution in [0.25, 0.3) is 0 Å². The summed E-state index contributed by atoms with van der Waals surface area (Å²) in [6.07, 6.45) is 10.6. The summed E-state index contributed by atoms with van der Waals surface area (Å²) < 4.78 is 0. The number of hydrogen-bond acceptors (Lipinski definition) is 1. The zero-order valence-electron chi connectivity index (χ0n) is 8.91. The molecule has 0 heterocycles. The molecule has 14 heavy (non-hydrogen) atoms. The van der Waals surface area contributed by atoms with Gasteiger partial charge in [-0.25, -0.2) is 0 Å². The van der Waals surface area contributed by atoms with Crippen LogP contribution in [0.15, 0.2) is 12.2 Å². The SMILES string of the molecule is C/C=C\CCC1CCC(C(=O)O)CC1. The van der Waals surface area contributed by atoms with Crippen LogP contribution in [0, 0.1) is 11.8 Å². The van der Waals surface area contributed by atoms with Gasteiger partial charge in [0.25, 0.3) is 0 Å². The third-order valence-corrected chi connectivity index (χ3v) is 3.17. The van der Waals surface area contributed by atoms with Crippen LogP contribution in [0.2, 0.25) is 0 Å². The van der Waals surface area contributed by atoms with E-state index in [0.29, 0.717) is 0 Å². The molecule has 0 aromatic rings. The van der Waals surface area contributed by atoms with Crippen molar-refractivity contribution in [1.82, 2.24) is 0 Å². The number of carbonyl (C=O) groups is 1. The van der Waals surface area contributed by atoms with Crippen LogP contribution in [-0.2, 0) is 4.79 Å². The Labute approximate surface area is 86.0 Å². The normalized spacial score (nSPS) is 28.1. The fourth-order valence-electron chi connectivity index (χ4n) is 2.20. The number of allylic oxidation sites excluding steroid dienone is 2. The van der Waals surface area contributed by atoms with Crippen LogP contribution in [-0.4, -0.2) is 11.1 Å². The Hall–Kier alpha value is -0.790. The molecule has 0 radical (unpaired) electrons. The van der Waals surface area contributed by atoms with Crippen molar-refractivity contribution in [2.45, 2.75) is 45.4 Å². The summed E-state index contributed by atoms with van der Waals surface area (Å²) in [4.78, 5) is 10.7. The molecule has 2 heteroatoms. The van der Waals surface area contributed by atoms with Crippen molar-refractivity contribution in [3.8, 4) is 0 Å². The average Bonchev–Trinajstić information content (AvgIpc) is 2.19. The molecule has 1 rings (SSSR count). The van der Waals surface area contributed by atoms with Gasteiger partial charge in [0.05, 0.1) is 5.92 Å². The summed E-state index contributed by atoms with van der Waals surface area (Å²) in [5, 5.41) is 8.83. The summed E-state index contributed by atoms with van der Waals surface area (Å²) in [6, 6.07) is 0. The summed E-state index contributed by atoms with van der Waals surface area (Å²) >= 11 is 0. The summed E-state index contributed by atoms with van der Waals surface area (Å²) in [7, 11) is 0. The lowest BCUT2D eigenvalue weighted by Crippen LogP contribution is -2.21. The third kappa shape index (κ3) is 3.52. The van der Waals surface area contributed by atoms with Crippen LogP contribution in [0.3, 0.4) is 0 Å². The Bertz CT molecular complexity index is 200. The van der Waals surface area contributed by atoms with E-state index in [4.69, 9.17) is 5.11 Å². The molecule has 0 aromatic carbocycles. The fourth-order valence-corrected chi connectivity index (χ4v) is 2.20. The second-order valence-corrected chi connectivity index (χ2v) is 4.20. The summed E-state index contributed by atoms with van der Waals surface area (Å²) in [5.74, 6) is 0.103.